The maximum absolute atomic E-state index is 12.3. The van der Waals surface area contributed by atoms with E-state index in [1.165, 1.54) is 0 Å². The van der Waals surface area contributed by atoms with Crippen molar-refractivity contribution in [1.82, 2.24) is 25.1 Å². The van der Waals surface area contributed by atoms with E-state index in [0.717, 1.165) is 16.8 Å². The molecule has 9 nitrogen and oxygen atoms in total. The van der Waals surface area contributed by atoms with Gasteiger partial charge in [0.15, 0.2) is 5.65 Å². The summed E-state index contributed by atoms with van der Waals surface area (Å²) in [7, 11) is 3.22. The zero-order valence-corrected chi connectivity index (χ0v) is 18.1. The lowest BCUT2D eigenvalue weighted by Gasteiger charge is -2.10. The Morgan fingerprint density at radius 1 is 0.938 bits per heavy atom. The molecule has 0 atom stereocenters. The van der Waals surface area contributed by atoms with Crippen LogP contribution in [0.3, 0.4) is 0 Å². The number of rotatable bonds is 8. The molecule has 0 saturated heterocycles. The zero-order valence-electron chi connectivity index (χ0n) is 18.1. The lowest BCUT2D eigenvalue weighted by Crippen LogP contribution is -2.28. The molecular weight excluding hydrogens is 408 g/mol. The first-order chi connectivity index (χ1) is 15.6. The normalized spacial score (nSPS) is 10.7. The zero-order chi connectivity index (χ0) is 22.5. The maximum atomic E-state index is 12.3. The number of amides is 1. The Morgan fingerprint density at radius 2 is 1.59 bits per heavy atom. The van der Waals surface area contributed by atoms with E-state index in [4.69, 9.17) is 9.47 Å². The van der Waals surface area contributed by atoms with Gasteiger partial charge in [-0.25, -0.2) is 14.6 Å². The van der Waals surface area contributed by atoms with Crippen molar-refractivity contribution in [2.75, 3.05) is 32.6 Å². The molecule has 4 aromatic rings. The summed E-state index contributed by atoms with van der Waals surface area (Å²) in [5.41, 5.74) is 2.15. The van der Waals surface area contributed by atoms with Crippen molar-refractivity contribution >= 4 is 22.8 Å². The molecule has 0 spiro atoms. The van der Waals surface area contributed by atoms with Crippen LogP contribution in [0.2, 0.25) is 0 Å². The van der Waals surface area contributed by atoms with E-state index < -0.39 is 0 Å². The number of fused-ring (bicyclic) bond motifs is 1. The summed E-state index contributed by atoms with van der Waals surface area (Å²) in [5.74, 6) is 2.63. The molecule has 0 saturated carbocycles. The van der Waals surface area contributed by atoms with Crippen LogP contribution in [0.1, 0.15) is 16.2 Å². The van der Waals surface area contributed by atoms with Crippen molar-refractivity contribution in [3.63, 3.8) is 0 Å². The van der Waals surface area contributed by atoms with E-state index in [2.05, 4.69) is 25.7 Å². The highest BCUT2D eigenvalue weighted by Gasteiger charge is 2.13. The highest BCUT2D eigenvalue weighted by Crippen LogP contribution is 2.23. The molecular formula is C23H24N6O3. The fourth-order valence-electron chi connectivity index (χ4n) is 3.27. The smallest absolute Gasteiger partial charge is 0.251 e. The van der Waals surface area contributed by atoms with Crippen molar-refractivity contribution < 1.29 is 14.3 Å². The number of carbonyl (C=O) groups is 1. The predicted octanol–water partition coefficient (Wildman–Crippen LogP) is 2.98. The minimum absolute atomic E-state index is 0.147. The van der Waals surface area contributed by atoms with Gasteiger partial charge in [-0.3, -0.25) is 4.79 Å². The highest BCUT2D eigenvalue weighted by atomic mass is 16.5. The van der Waals surface area contributed by atoms with Gasteiger partial charge in [-0.2, -0.15) is 5.10 Å². The van der Waals surface area contributed by atoms with Gasteiger partial charge in [-0.05, 0) is 55.5 Å². The maximum Gasteiger partial charge on any atom is 0.251 e. The van der Waals surface area contributed by atoms with Gasteiger partial charge in [-0.15, -0.1) is 0 Å². The quantitative estimate of drug-likeness (QED) is 0.413. The second kappa shape index (κ2) is 9.34. The summed E-state index contributed by atoms with van der Waals surface area (Å²) in [5, 5.41) is 11.5. The molecule has 1 amide bonds. The highest BCUT2D eigenvalue weighted by molar-refractivity contribution is 5.94. The second-order valence-corrected chi connectivity index (χ2v) is 7.02. The average Bonchev–Trinajstić information content (AvgIpc) is 3.25. The Balaban J connectivity index is 1.44. The van der Waals surface area contributed by atoms with Crippen molar-refractivity contribution in [2.45, 2.75) is 6.92 Å². The molecule has 2 N–H and O–H groups in total. The van der Waals surface area contributed by atoms with Crippen molar-refractivity contribution in [3.8, 4) is 17.2 Å². The number of benzene rings is 2. The molecule has 0 aliphatic heterocycles. The van der Waals surface area contributed by atoms with Crippen molar-refractivity contribution in [1.29, 1.82) is 0 Å². The number of anilines is 1. The number of hydrogen-bond acceptors (Lipinski definition) is 7. The van der Waals surface area contributed by atoms with Gasteiger partial charge < -0.3 is 20.1 Å². The summed E-state index contributed by atoms with van der Waals surface area (Å²) < 4.78 is 12.1. The Kier molecular flexibility index (Phi) is 6.16. The topological polar surface area (TPSA) is 103 Å². The SMILES string of the molecule is COc1ccc(C(=O)NCCNc2nc(C)nc3c2cnn3-c2ccc(OC)cc2)cc1. The van der Waals surface area contributed by atoms with Gasteiger partial charge >= 0.3 is 0 Å². The fraction of sp³-hybridized carbons (Fsp3) is 0.217. The van der Waals surface area contributed by atoms with Crippen LogP contribution in [0.5, 0.6) is 11.5 Å². The Hall–Kier alpha value is -4.14. The monoisotopic (exact) mass is 432 g/mol. The summed E-state index contributed by atoms with van der Waals surface area (Å²) in [6.45, 7) is 2.77. The standard InChI is InChI=1S/C23H24N6O3/c1-15-27-21(24-12-13-25-23(30)16-4-8-18(31-2)9-5-16)20-14-26-29(22(20)28-15)17-6-10-19(32-3)11-7-17/h4-11,14H,12-13H2,1-3H3,(H,25,30)(H,24,27,28). The molecule has 0 aliphatic carbocycles. The number of nitrogens with zero attached hydrogens (tertiary/aromatic N) is 4. The Morgan fingerprint density at radius 3 is 2.25 bits per heavy atom. The second-order valence-electron chi connectivity index (χ2n) is 7.02. The van der Waals surface area contributed by atoms with Gasteiger partial charge in [0.05, 0.1) is 31.5 Å². The van der Waals surface area contributed by atoms with Crippen LogP contribution in [0.15, 0.2) is 54.7 Å². The molecule has 164 valence electrons. The Labute approximate surface area is 185 Å². The van der Waals surface area contributed by atoms with E-state index >= 15 is 0 Å². The minimum Gasteiger partial charge on any atom is -0.497 e. The van der Waals surface area contributed by atoms with Crippen molar-refractivity contribution in [2.24, 2.45) is 0 Å². The number of methoxy groups -OCH3 is 2. The summed E-state index contributed by atoms with van der Waals surface area (Å²) >= 11 is 0. The third kappa shape index (κ3) is 4.46. The molecule has 0 fully saturated rings. The molecule has 9 heteroatoms. The van der Waals surface area contributed by atoms with Crippen LogP contribution in [-0.4, -0.2) is 53.0 Å². The summed E-state index contributed by atoms with van der Waals surface area (Å²) in [6, 6.07) is 14.6. The predicted molar refractivity (Wildman–Crippen MR) is 122 cm³/mol. The third-order valence-corrected chi connectivity index (χ3v) is 4.91. The lowest BCUT2D eigenvalue weighted by molar-refractivity contribution is 0.0955. The first-order valence-electron chi connectivity index (χ1n) is 10.1. The van der Waals surface area contributed by atoms with Crippen LogP contribution in [0.4, 0.5) is 5.82 Å². The molecule has 32 heavy (non-hydrogen) atoms. The van der Waals surface area contributed by atoms with Crippen LogP contribution < -0.4 is 20.1 Å². The molecule has 4 rings (SSSR count). The van der Waals surface area contributed by atoms with Crippen LogP contribution >= 0.6 is 0 Å². The van der Waals surface area contributed by atoms with Crippen LogP contribution in [0.25, 0.3) is 16.7 Å². The molecule has 0 radical (unpaired) electrons. The first-order valence-corrected chi connectivity index (χ1v) is 10.1. The lowest BCUT2D eigenvalue weighted by atomic mass is 10.2. The number of aryl methyl sites for hydroxylation is 1. The molecule has 0 aliphatic rings. The number of aromatic nitrogens is 4. The van der Waals surface area contributed by atoms with Crippen LogP contribution in [0, 0.1) is 6.92 Å². The van der Waals surface area contributed by atoms with E-state index in [-0.39, 0.29) is 5.91 Å². The van der Waals surface area contributed by atoms with E-state index in [0.29, 0.717) is 41.7 Å². The molecule has 2 aromatic heterocycles. The summed E-state index contributed by atoms with van der Waals surface area (Å²) in [6.07, 6.45) is 1.73. The molecule has 0 bridgehead atoms. The average molecular weight is 432 g/mol. The van der Waals surface area contributed by atoms with Gasteiger partial charge in [0.25, 0.3) is 5.91 Å². The third-order valence-electron chi connectivity index (χ3n) is 4.91. The molecule has 0 unspecified atom stereocenters. The molecule has 2 aromatic carbocycles. The summed E-state index contributed by atoms with van der Waals surface area (Å²) in [4.78, 5) is 21.4. The number of hydrogen-bond donors (Lipinski definition) is 2. The van der Waals surface area contributed by atoms with Gasteiger partial charge in [0.1, 0.15) is 23.1 Å². The number of nitrogens with one attached hydrogen (secondary N) is 2. The van der Waals surface area contributed by atoms with Crippen molar-refractivity contribution in [3.05, 3.63) is 66.1 Å². The minimum atomic E-state index is -0.147. The molecule has 2 heterocycles. The van der Waals surface area contributed by atoms with Gasteiger partial charge in [-0.1, -0.05) is 0 Å². The van der Waals surface area contributed by atoms with Crippen LogP contribution in [-0.2, 0) is 0 Å². The van der Waals surface area contributed by atoms with E-state index in [1.807, 2.05) is 31.2 Å². The van der Waals surface area contributed by atoms with E-state index in [9.17, 15) is 4.79 Å². The van der Waals surface area contributed by atoms with Gasteiger partial charge in [0, 0.05) is 18.7 Å². The largest absolute Gasteiger partial charge is 0.497 e. The van der Waals surface area contributed by atoms with E-state index in [1.54, 1.807) is 49.4 Å². The number of ether oxygens (including phenoxy) is 2. The van der Waals surface area contributed by atoms with Gasteiger partial charge in [0.2, 0.25) is 0 Å². The Bertz CT molecular complexity index is 1220. The fourth-order valence-corrected chi connectivity index (χ4v) is 3.27. The first kappa shape index (κ1) is 21.1. The number of carbonyl (C=O) groups excluding carboxylic acids is 1.